The monoisotopic (exact) mass is 261 g/mol. The number of hydrogen-bond donors (Lipinski definition) is 1. The van der Waals surface area contributed by atoms with Crippen molar-refractivity contribution >= 4 is 21.7 Å². The second-order valence-corrected chi connectivity index (χ2v) is 3.78. The molecule has 0 spiro atoms. The van der Waals surface area contributed by atoms with Crippen LogP contribution in [-0.2, 0) is 0 Å². The Kier molecular flexibility index (Phi) is 4.25. The van der Waals surface area contributed by atoms with Crippen LogP contribution in [0.4, 0.5) is 10.2 Å². The van der Waals surface area contributed by atoms with Crippen LogP contribution in [0.3, 0.4) is 0 Å². The fourth-order valence-electron chi connectivity index (χ4n) is 1.09. The summed E-state index contributed by atoms with van der Waals surface area (Å²) in [5.41, 5.74) is 0.889. The standard InChI is InChI=1S/C9H13BrFN3/c1-6-8(10)9(12-5-3-4-11)14-7(2)13-6/h3-5H2,1-2H3,(H,12,13,14). The minimum absolute atomic E-state index is 0.312. The van der Waals surface area contributed by atoms with Gasteiger partial charge in [0.2, 0.25) is 0 Å². The lowest BCUT2D eigenvalue weighted by Gasteiger charge is -2.08. The van der Waals surface area contributed by atoms with Gasteiger partial charge in [0.25, 0.3) is 0 Å². The molecular weight excluding hydrogens is 249 g/mol. The third-order valence-corrected chi connectivity index (χ3v) is 2.68. The van der Waals surface area contributed by atoms with Crippen LogP contribution < -0.4 is 5.32 Å². The Morgan fingerprint density at radius 3 is 2.71 bits per heavy atom. The van der Waals surface area contributed by atoms with Gasteiger partial charge in [0.05, 0.1) is 16.8 Å². The van der Waals surface area contributed by atoms with E-state index in [4.69, 9.17) is 0 Å². The lowest BCUT2D eigenvalue weighted by molar-refractivity contribution is 0.481. The maximum absolute atomic E-state index is 11.9. The summed E-state index contributed by atoms with van der Waals surface area (Å²) in [6.45, 7) is 4.01. The van der Waals surface area contributed by atoms with Gasteiger partial charge in [-0.05, 0) is 36.2 Å². The van der Waals surface area contributed by atoms with E-state index in [1.807, 2.05) is 13.8 Å². The molecule has 0 aliphatic rings. The molecule has 78 valence electrons. The maximum Gasteiger partial charge on any atom is 0.144 e. The summed E-state index contributed by atoms with van der Waals surface area (Å²) >= 11 is 3.39. The fraction of sp³-hybridized carbons (Fsp3) is 0.556. The summed E-state index contributed by atoms with van der Waals surface area (Å²) in [7, 11) is 0. The van der Waals surface area contributed by atoms with Crippen molar-refractivity contribution in [1.29, 1.82) is 0 Å². The quantitative estimate of drug-likeness (QED) is 0.847. The number of alkyl halides is 1. The number of aryl methyl sites for hydroxylation is 2. The number of anilines is 1. The summed E-state index contributed by atoms with van der Waals surface area (Å²) in [6.07, 6.45) is 0.495. The first-order chi connectivity index (χ1) is 6.65. The molecule has 14 heavy (non-hydrogen) atoms. The zero-order valence-corrected chi connectivity index (χ0v) is 9.86. The van der Waals surface area contributed by atoms with E-state index >= 15 is 0 Å². The van der Waals surface area contributed by atoms with E-state index < -0.39 is 0 Å². The van der Waals surface area contributed by atoms with Crippen LogP contribution in [0.25, 0.3) is 0 Å². The third kappa shape index (κ3) is 2.90. The van der Waals surface area contributed by atoms with E-state index in [-0.39, 0.29) is 6.67 Å². The molecule has 0 bridgehead atoms. The Bertz CT molecular complexity index is 317. The van der Waals surface area contributed by atoms with Gasteiger partial charge in [0.15, 0.2) is 0 Å². The van der Waals surface area contributed by atoms with Gasteiger partial charge in [-0.25, -0.2) is 9.97 Å². The Hall–Kier alpha value is -0.710. The molecule has 1 aromatic rings. The number of hydrogen-bond acceptors (Lipinski definition) is 3. The van der Waals surface area contributed by atoms with Crippen molar-refractivity contribution in [3.05, 3.63) is 16.0 Å². The summed E-state index contributed by atoms with van der Waals surface area (Å²) in [6, 6.07) is 0. The van der Waals surface area contributed by atoms with Crippen LogP contribution >= 0.6 is 15.9 Å². The van der Waals surface area contributed by atoms with Gasteiger partial charge >= 0.3 is 0 Å². The molecule has 0 saturated carbocycles. The molecule has 1 heterocycles. The van der Waals surface area contributed by atoms with Crippen molar-refractivity contribution in [2.75, 3.05) is 18.5 Å². The van der Waals surface area contributed by atoms with Crippen molar-refractivity contribution in [2.24, 2.45) is 0 Å². The number of aromatic nitrogens is 2. The summed E-state index contributed by atoms with van der Waals surface area (Å²) in [4.78, 5) is 8.40. The molecule has 0 atom stereocenters. The van der Waals surface area contributed by atoms with Crippen molar-refractivity contribution in [1.82, 2.24) is 9.97 Å². The Morgan fingerprint density at radius 1 is 1.36 bits per heavy atom. The van der Waals surface area contributed by atoms with Crippen LogP contribution in [0.2, 0.25) is 0 Å². The van der Waals surface area contributed by atoms with Gasteiger partial charge in [0, 0.05) is 6.54 Å². The molecule has 0 unspecified atom stereocenters. The predicted molar refractivity (Wildman–Crippen MR) is 58.3 cm³/mol. The number of nitrogens with zero attached hydrogens (tertiary/aromatic N) is 2. The minimum atomic E-state index is -0.312. The SMILES string of the molecule is Cc1nc(C)c(Br)c(NCCCF)n1. The van der Waals surface area contributed by atoms with Gasteiger partial charge < -0.3 is 5.32 Å². The van der Waals surface area contributed by atoms with E-state index in [0.29, 0.717) is 18.8 Å². The number of rotatable bonds is 4. The molecule has 5 heteroatoms. The first-order valence-corrected chi connectivity index (χ1v) is 5.25. The molecule has 0 fully saturated rings. The molecule has 0 aromatic carbocycles. The van der Waals surface area contributed by atoms with Crippen LogP contribution in [-0.4, -0.2) is 23.2 Å². The van der Waals surface area contributed by atoms with Crippen molar-refractivity contribution in [3.63, 3.8) is 0 Å². The van der Waals surface area contributed by atoms with Gasteiger partial charge in [-0.3, -0.25) is 4.39 Å². The smallest absolute Gasteiger partial charge is 0.144 e. The lowest BCUT2D eigenvalue weighted by atomic mass is 10.4. The molecule has 1 aromatic heterocycles. The van der Waals surface area contributed by atoms with Crippen molar-refractivity contribution in [3.8, 4) is 0 Å². The lowest BCUT2D eigenvalue weighted by Crippen LogP contribution is -2.07. The fourth-order valence-corrected chi connectivity index (χ4v) is 1.41. The first kappa shape index (κ1) is 11.4. The number of nitrogens with one attached hydrogen (secondary N) is 1. The molecule has 1 rings (SSSR count). The highest BCUT2D eigenvalue weighted by atomic mass is 79.9. The van der Waals surface area contributed by atoms with Crippen LogP contribution in [0.1, 0.15) is 17.9 Å². The van der Waals surface area contributed by atoms with Gasteiger partial charge in [0.1, 0.15) is 11.6 Å². The molecule has 0 aliphatic heterocycles. The third-order valence-electron chi connectivity index (χ3n) is 1.73. The molecule has 0 aliphatic carbocycles. The second kappa shape index (κ2) is 5.24. The van der Waals surface area contributed by atoms with E-state index in [2.05, 4.69) is 31.2 Å². The highest BCUT2D eigenvalue weighted by Crippen LogP contribution is 2.22. The second-order valence-electron chi connectivity index (χ2n) is 2.99. The summed E-state index contributed by atoms with van der Waals surface area (Å²) in [5.74, 6) is 1.46. The largest absolute Gasteiger partial charge is 0.369 e. The number of halogens is 2. The normalized spacial score (nSPS) is 10.3. The Balaban J connectivity index is 2.75. The Morgan fingerprint density at radius 2 is 2.07 bits per heavy atom. The summed E-state index contributed by atoms with van der Waals surface area (Å²) in [5, 5.41) is 3.06. The molecule has 0 amide bonds. The zero-order chi connectivity index (χ0) is 10.6. The molecule has 0 saturated heterocycles. The molecular formula is C9H13BrFN3. The topological polar surface area (TPSA) is 37.8 Å². The molecule has 0 radical (unpaired) electrons. The maximum atomic E-state index is 11.9. The van der Waals surface area contributed by atoms with Crippen LogP contribution in [0, 0.1) is 13.8 Å². The first-order valence-electron chi connectivity index (χ1n) is 4.45. The molecule has 3 nitrogen and oxygen atoms in total. The summed E-state index contributed by atoms with van der Waals surface area (Å²) < 4.78 is 12.7. The van der Waals surface area contributed by atoms with Gasteiger partial charge in [-0.15, -0.1) is 0 Å². The van der Waals surface area contributed by atoms with Crippen LogP contribution in [0.15, 0.2) is 4.47 Å². The zero-order valence-electron chi connectivity index (χ0n) is 8.27. The molecule has 1 N–H and O–H groups in total. The predicted octanol–water partition coefficient (Wildman–Crippen LogP) is 2.63. The minimum Gasteiger partial charge on any atom is -0.369 e. The highest BCUT2D eigenvalue weighted by Gasteiger charge is 2.06. The van der Waals surface area contributed by atoms with Crippen molar-refractivity contribution in [2.45, 2.75) is 20.3 Å². The van der Waals surface area contributed by atoms with Gasteiger partial charge in [-0.1, -0.05) is 0 Å². The van der Waals surface area contributed by atoms with E-state index in [0.717, 1.165) is 16.0 Å². The van der Waals surface area contributed by atoms with E-state index in [1.165, 1.54) is 0 Å². The average molecular weight is 262 g/mol. The van der Waals surface area contributed by atoms with E-state index in [1.54, 1.807) is 0 Å². The highest BCUT2D eigenvalue weighted by molar-refractivity contribution is 9.10. The Labute approximate surface area is 91.3 Å². The van der Waals surface area contributed by atoms with E-state index in [9.17, 15) is 4.39 Å². The average Bonchev–Trinajstić information content (AvgIpc) is 2.13. The van der Waals surface area contributed by atoms with Crippen molar-refractivity contribution < 1.29 is 4.39 Å². The van der Waals surface area contributed by atoms with Gasteiger partial charge in [-0.2, -0.15) is 0 Å². The van der Waals surface area contributed by atoms with Crippen LogP contribution in [0.5, 0.6) is 0 Å².